The second-order valence-electron chi connectivity index (χ2n) is 3.32. The number of nitrogens with zero attached hydrogens (tertiary/aromatic N) is 2. The normalized spacial score (nSPS) is 12.0. The van der Waals surface area contributed by atoms with E-state index in [0.29, 0.717) is 17.3 Å². The first-order valence-electron chi connectivity index (χ1n) is 4.58. The van der Waals surface area contributed by atoms with Crippen LogP contribution in [0.5, 0.6) is 0 Å². The number of hydrogen-bond acceptors (Lipinski definition) is 4. The zero-order chi connectivity index (χ0) is 11.7. The van der Waals surface area contributed by atoms with Crippen molar-refractivity contribution in [2.24, 2.45) is 5.73 Å². The Morgan fingerprint density at radius 2 is 2.18 bits per heavy atom. The number of hydrogen-bond donors (Lipinski definition) is 1. The van der Waals surface area contributed by atoms with E-state index in [1.807, 2.05) is 0 Å². The van der Waals surface area contributed by atoms with E-state index in [2.05, 4.69) is 10.1 Å². The first-order valence-corrected chi connectivity index (χ1v) is 4.96. The number of aromatic nitrogens is 2. The Labute approximate surface area is 108 Å². The summed E-state index contributed by atoms with van der Waals surface area (Å²) in [5.41, 5.74) is 6.40. The summed E-state index contributed by atoms with van der Waals surface area (Å²) in [6.07, 6.45) is 0. The summed E-state index contributed by atoms with van der Waals surface area (Å²) in [6.45, 7) is 1.66. The predicted octanol–water partition coefficient (Wildman–Crippen LogP) is 2.64. The molecule has 1 aromatic carbocycles. The zero-order valence-corrected chi connectivity index (χ0v) is 10.4. The maximum Gasteiger partial charge on any atom is 0.223 e. The van der Waals surface area contributed by atoms with Crippen molar-refractivity contribution in [3.63, 3.8) is 0 Å². The SMILES string of the molecule is Cc1nc(C(N)c2ccc(Cl)c(F)c2)no1.Cl. The molecule has 4 nitrogen and oxygen atoms in total. The molecule has 0 radical (unpaired) electrons. The van der Waals surface area contributed by atoms with Crippen LogP contribution in [0.2, 0.25) is 5.02 Å². The number of nitrogens with two attached hydrogens (primary N) is 1. The smallest absolute Gasteiger partial charge is 0.223 e. The molecule has 17 heavy (non-hydrogen) atoms. The van der Waals surface area contributed by atoms with Crippen LogP contribution in [-0.4, -0.2) is 10.1 Å². The molecule has 7 heteroatoms. The van der Waals surface area contributed by atoms with Gasteiger partial charge in [0.15, 0.2) is 5.82 Å². The molecule has 2 N–H and O–H groups in total. The average Bonchev–Trinajstić information content (AvgIpc) is 2.68. The summed E-state index contributed by atoms with van der Waals surface area (Å²) >= 11 is 5.57. The largest absolute Gasteiger partial charge is 0.340 e. The van der Waals surface area contributed by atoms with E-state index < -0.39 is 11.9 Å². The number of halogens is 3. The van der Waals surface area contributed by atoms with Crippen molar-refractivity contribution in [3.8, 4) is 0 Å². The van der Waals surface area contributed by atoms with E-state index >= 15 is 0 Å². The molecule has 0 amide bonds. The maximum atomic E-state index is 13.2. The van der Waals surface area contributed by atoms with Crippen LogP contribution < -0.4 is 5.73 Å². The Morgan fingerprint density at radius 3 is 2.71 bits per heavy atom. The summed E-state index contributed by atoms with van der Waals surface area (Å²) in [4.78, 5) is 3.98. The lowest BCUT2D eigenvalue weighted by Gasteiger charge is -2.07. The van der Waals surface area contributed by atoms with Gasteiger partial charge >= 0.3 is 0 Å². The second-order valence-corrected chi connectivity index (χ2v) is 3.73. The van der Waals surface area contributed by atoms with Gasteiger partial charge in [0.25, 0.3) is 0 Å². The van der Waals surface area contributed by atoms with Crippen molar-refractivity contribution in [2.45, 2.75) is 13.0 Å². The highest BCUT2D eigenvalue weighted by Crippen LogP contribution is 2.22. The molecule has 0 saturated carbocycles. The highest BCUT2D eigenvalue weighted by molar-refractivity contribution is 6.30. The standard InChI is InChI=1S/C10H9ClFN3O.ClH/c1-5-14-10(15-16-5)9(13)6-2-3-7(11)8(12)4-6;/h2-4,9H,13H2,1H3;1H. The molecular weight excluding hydrogens is 268 g/mol. The highest BCUT2D eigenvalue weighted by Gasteiger charge is 2.16. The van der Waals surface area contributed by atoms with Crippen LogP contribution in [-0.2, 0) is 0 Å². The lowest BCUT2D eigenvalue weighted by molar-refractivity contribution is 0.385. The molecule has 2 rings (SSSR count). The van der Waals surface area contributed by atoms with Gasteiger partial charge in [0.2, 0.25) is 5.89 Å². The first-order chi connectivity index (χ1) is 7.58. The maximum absolute atomic E-state index is 13.2. The Morgan fingerprint density at radius 1 is 1.47 bits per heavy atom. The summed E-state index contributed by atoms with van der Waals surface area (Å²) in [5.74, 6) is 0.217. The fourth-order valence-corrected chi connectivity index (χ4v) is 1.41. The Hall–Kier alpha value is -1.17. The molecule has 0 aliphatic rings. The average molecular weight is 278 g/mol. The molecule has 0 spiro atoms. The van der Waals surface area contributed by atoms with Gasteiger partial charge in [-0.3, -0.25) is 0 Å². The van der Waals surface area contributed by atoms with E-state index in [1.165, 1.54) is 12.1 Å². The van der Waals surface area contributed by atoms with Gasteiger partial charge in [-0.1, -0.05) is 22.8 Å². The molecular formula is C10H10Cl2FN3O. The minimum atomic E-state index is -0.621. The van der Waals surface area contributed by atoms with Crippen LogP contribution in [0.25, 0.3) is 0 Å². The van der Waals surface area contributed by atoms with Crippen molar-refractivity contribution >= 4 is 24.0 Å². The molecule has 92 valence electrons. The summed E-state index contributed by atoms with van der Waals surface area (Å²) in [6, 6.07) is 3.71. The molecule has 1 unspecified atom stereocenters. The van der Waals surface area contributed by atoms with Crippen LogP contribution >= 0.6 is 24.0 Å². The van der Waals surface area contributed by atoms with Gasteiger partial charge < -0.3 is 10.3 Å². The lowest BCUT2D eigenvalue weighted by Crippen LogP contribution is -2.13. The highest BCUT2D eigenvalue weighted by atomic mass is 35.5. The monoisotopic (exact) mass is 277 g/mol. The second kappa shape index (κ2) is 5.44. The third kappa shape index (κ3) is 2.94. The summed E-state index contributed by atoms with van der Waals surface area (Å²) < 4.78 is 18.0. The Bertz CT molecular complexity index is 518. The Balaban J connectivity index is 0.00000144. The fraction of sp³-hybridized carbons (Fsp3) is 0.200. The molecule has 0 bridgehead atoms. The number of benzene rings is 1. The van der Waals surface area contributed by atoms with E-state index in [-0.39, 0.29) is 17.4 Å². The summed E-state index contributed by atoms with van der Waals surface area (Å²) in [5, 5.41) is 3.73. The summed E-state index contributed by atoms with van der Waals surface area (Å²) in [7, 11) is 0. The first kappa shape index (κ1) is 13.9. The van der Waals surface area contributed by atoms with Crippen molar-refractivity contribution in [1.82, 2.24) is 10.1 Å². The topological polar surface area (TPSA) is 64.9 Å². The van der Waals surface area contributed by atoms with Gasteiger partial charge in [-0.15, -0.1) is 12.4 Å². The van der Waals surface area contributed by atoms with Gasteiger partial charge in [0, 0.05) is 6.92 Å². The van der Waals surface area contributed by atoms with Gasteiger partial charge in [0.05, 0.1) is 11.1 Å². The van der Waals surface area contributed by atoms with E-state index in [0.717, 1.165) is 0 Å². The van der Waals surface area contributed by atoms with E-state index in [1.54, 1.807) is 13.0 Å². The van der Waals surface area contributed by atoms with Crippen LogP contribution in [0.1, 0.15) is 23.3 Å². The quantitative estimate of drug-likeness (QED) is 0.917. The van der Waals surface area contributed by atoms with Gasteiger partial charge in [-0.05, 0) is 17.7 Å². The molecule has 1 atom stereocenters. The molecule has 0 saturated heterocycles. The number of rotatable bonds is 2. The predicted molar refractivity (Wildman–Crippen MR) is 63.7 cm³/mol. The van der Waals surface area contributed by atoms with Crippen LogP contribution in [0.15, 0.2) is 22.7 Å². The van der Waals surface area contributed by atoms with Gasteiger partial charge in [-0.2, -0.15) is 4.98 Å². The third-order valence-electron chi connectivity index (χ3n) is 2.12. The molecule has 2 aromatic rings. The van der Waals surface area contributed by atoms with Gasteiger partial charge in [-0.25, -0.2) is 4.39 Å². The third-order valence-corrected chi connectivity index (χ3v) is 2.43. The van der Waals surface area contributed by atoms with Crippen molar-refractivity contribution in [2.75, 3.05) is 0 Å². The van der Waals surface area contributed by atoms with Crippen LogP contribution in [0, 0.1) is 12.7 Å². The molecule has 1 heterocycles. The Kier molecular flexibility index (Phi) is 4.45. The van der Waals surface area contributed by atoms with Crippen LogP contribution in [0.3, 0.4) is 0 Å². The molecule has 0 aliphatic heterocycles. The lowest BCUT2D eigenvalue weighted by atomic mass is 10.1. The van der Waals surface area contributed by atoms with Crippen molar-refractivity contribution in [3.05, 3.63) is 46.3 Å². The van der Waals surface area contributed by atoms with Gasteiger partial charge in [0.1, 0.15) is 5.82 Å². The minimum Gasteiger partial charge on any atom is -0.340 e. The number of aryl methyl sites for hydroxylation is 1. The minimum absolute atomic E-state index is 0. The van der Waals surface area contributed by atoms with Crippen molar-refractivity contribution in [1.29, 1.82) is 0 Å². The molecule has 0 aliphatic carbocycles. The van der Waals surface area contributed by atoms with Crippen LogP contribution in [0.4, 0.5) is 4.39 Å². The molecule has 0 fully saturated rings. The van der Waals surface area contributed by atoms with E-state index in [4.69, 9.17) is 21.9 Å². The molecule has 1 aromatic heterocycles. The zero-order valence-electron chi connectivity index (χ0n) is 8.85. The van der Waals surface area contributed by atoms with E-state index in [9.17, 15) is 4.39 Å². The van der Waals surface area contributed by atoms with Crippen molar-refractivity contribution < 1.29 is 8.91 Å². The fourth-order valence-electron chi connectivity index (χ4n) is 1.30.